The molecule has 0 aliphatic heterocycles. The smallest absolute Gasteiger partial charge is 0.261 e. The van der Waals surface area contributed by atoms with Crippen molar-refractivity contribution >= 4 is 33.7 Å². The van der Waals surface area contributed by atoms with Crippen LogP contribution in [0.4, 0.5) is 0 Å². The third-order valence-electron chi connectivity index (χ3n) is 4.65. The fraction of sp³-hybridized carbons (Fsp3) is 0.273. The van der Waals surface area contributed by atoms with Gasteiger partial charge in [0.25, 0.3) is 5.91 Å². The van der Waals surface area contributed by atoms with Crippen LogP contribution in [0.2, 0.25) is 0 Å². The molecule has 0 saturated carbocycles. The molecule has 0 atom stereocenters. The number of aryl methyl sites for hydroxylation is 1. The molecule has 5 nitrogen and oxygen atoms in total. The zero-order valence-electron chi connectivity index (χ0n) is 15.8. The van der Waals surface area contributed by atoms with Gasteiger partial charge in [0, 0.05) is 30.9 Å². The van der Waals surface area contributed by atoms with E-state index in [4.69, 9.17) is 5.73 Å². The highest BCUT2D eigenvalue weighted by molar-refractivity contribution is 7.20. The summed E-state index contributed by atoms with van der Waals surface area (Å²) >= 11 is 1.48. The fourth-order valence-corrected chi connectivity index (χ4v) is 4.02. The molecule has 0 saturated heterocycles. The summed E-state index contributed by atoms with van der Waals surface area (Å²) in [6.07, 6.45) is 2.64. The Hall–Kier alpha value is -2.70. The molecule has 3 rings (SSSR count). The number of thiophene rings is 1. The normalized spacial score (nSPS) is 10.8. The first-order valence-electron chi connectivity index (χ1n) is 9.43. The van der Waals surface area contributed by atoms with Gasteiger partial charge < -0.3 is 16.0 Å². The third kappa shape index (κ3) is 5.41. The van der Waals surface area contributed by atoms with E-state index in [1.54, 1.807) is 4.90 Å². The number of carbonyl (C=O) groups excluding carboxylic acids is 2. The molecule has 0 radical (unpaired) electrons. The van der Waals surface area contributed by atoms with Gasteiger partial charge in [-0.2, -0.15) is 0 Å². The van der Waals surface area contributed by atoms with E-state index in [1.807, 2.05) is 42.5 Å². The summed E-state index contributed by atoms with van der Waals surface area (Å²) in [6.45, 7) is 2.16. The topological polar surface area (TPSA) is 75.4 Å². The van der Waals surface area contributed by atoms with Crippen LogP contribution in [0.5, 0.6) is 0 Å². The van der Waals surface area contributed by atoms with Crippen molar-refractivity contribution in [1.82, 2.24) is 10.2 Å². The predicted octanol–water partition coefficient (Wildman–Crippen LogP) is 3.18. The van der Waals surface area contributed by atoms with Crippen LogP contribution in [0.1, 0.15) is 27.2 Å². The summed E-state index contributed by atoms with van der Waals surface area (Å²) < 4.78 is 1.10. The van der Waals surface area contributed by atoms with Crippen molar-refractivity contribution in [1.29, 1.82) is 0 Å². The molecule has 0 unspecified atom stereocenters. The lowest BCUT2D eigenvalue weighted by Crippen LogP contribution is -2.34. The van der Waals surface area contributed by atoms with Crippen molar-refractivity contribution in [2.75, 3.05) is 19.6 Å². The van der Waals surface area contributed by atoms with Crippen LogP contribution in [-0.4, -0.2) is 36.9 Å². The number of nitrogens with zero attached hydrogens (tertiary/aromatic N) is 1. The Labute approximate surface area is 169 Å². The van der Waals surface area contributed by atoms with Crippen molar-refractivity contribution in [2.24, 2.45) is 5.73 Å². The summed E-state index contributed by atoms with van der Waals surface area (Å²) in [4.78, 5) is 26.0. The van der Waals surface area contributed by atoms with E-state index in [9.17, 15) is 9.59 Å². The zero-order chi connectivity index (χ0) is 19.8. The van der Waals surface area contributed by atoms with E-state index in [1.165, 1.54) is 16.9 Å². The lowest BCUT2D eigenvalue weighted by atomic mass is 10.1. The molecule has 3 N–H and O–H groups in total. The van der Waals surface area contributed by atoms with Crippen molar-refractivity contribution in [3.8, 4) is 0 Å². The monoisotopic (exact) mass is 395 g/mol. The molecule has 0 spiro atoms. The van der Waals surface area contributed by atoms with Crippen LogP contribution in [0, 0.1) is 0 Å². The van der Waals surface area contributed by atoms with Gasteiger partial charge in [0.1, 0.15) is 0 Å². The first-order chi connectivity index (χ1) is 13.7. The standard InChI is InChI=1S/C22H25N3O2S/c23-15-18-9-7-17(8-10-18)4-3-12-25(16-26)13-11-24-22(27)21-14-19-5-1-2-6-20(19)28-21/h1-2,5-10,14,16H,3-4,11-13,15,23H2,(H,24,27). The Balaban J connectivity index is 1.40. The number of rotatable bonds is 10. The van der Waals surface area contributed by atoms with Gasteiger partial charge in [-0.1, -0.05) is 42.5 Å². The molecule has 0 fully saturated rings. The highest BCUT2D eigenvalue weighted by Crippen LogP contribution is 2.24. The number of nitrogens with one attached hydrogen (secondary N) is 1. The van der Waals surface area contributed by atoms with Gasteiger partial charge in [0.2, 0.25) is 6.41 Å². The number of carbonyl (C=O) groups is 2. The second-order valence-corrected chi connectivity index (χ2v) is 7.75. The summed E-state index contributed by atoms with van der Waals surface area (Å²) in [5.74, 6) is -0.0907. The van der Waals surface area contributed by atoms with Crippen molar-refractivity contribution in [2.45, 2.75) is 19.4 Å². The molecule has 1 heterocycles. The number of hydrogen-bond donors (Lipinski definition) is 2. The summed E-state index contributed by atoms with van der Waals surface area (Å²) in [6, 6.07) is 18.1. The van der Waals surface area contributed by atoms with Gasteiger partial charge in [0.15, 0.2) is 0 Å². The summed E-state index contributed by atoms with van der Waals surface area (Å²) in [5, 5.41) is 3.98. The first kappa shape index (κ1) is 20.0. The Morgan fingerprint density at radius 1 is 1.07 bits per heavy atom. The van der Waals surface area contributed by atoms with E-state index in [0.717, 1.165) is 34.9 Å². The van der Waals surface area contributed by atoms with Crippen molar-refractivity contribution in [3.63, 3.8) is 0 Å². The van der Waals surface area contributed by atoms with Gasteiger partial charge in [-0.05, 0) is 41.5 Å². The zero-order valence-corrected chi connectivity index (χ0v) is 16.6. The molecule has 0 aliphatic rings. The summed E-state index contributed by atoms with van der Waals surface area (Å²) in [5.41, 5.74) is 7.96. The van der Waals surface area contributed by atoms with Crippen molar-refractivity contribution < 1.29 is 9.59 Å². The van der Waals surface area contributed by atoms with Crippen LogP contribution in [-0.2, 0) is 17.8 Å². The van der Waals surface area contributed by atoms with E-state index in [0.29, 0.717) is 31.1 Å². The second-order valence-electron chi connectivity index (χ2n) is 6.67. The number of hydrogen-bond acceptors (Lipinski definition) is 4. The Kier molecular flexibility index (Phi) is 7.17. The Bertz CT molecular complexity index is 888. The lowest BCUT2D eigenvalue weighted by Gasteiger charge is -2.17. The van der Waals surface area contributed by atoms with E-state index >= 15 is 0 Å². The minimum atomic E-state index is -0.0907. The average Bonchev–Trinajstić information content (AvgIpc) is 3.17. The largest absolute Gasteiger partial charge is 0.350 e. The van der Waals surface area contributed by atoms with E-state index in [-0.39, 0.29) is 5.91 Å². The molecular weight excluding hydrogens is 370 g/mol. The van der Waals surface area contributed by atoms with E-state index in [2.05, 4.69) is 17.4 Å². The van der Waals surface area contributed by atoms with Crippen LogP contribution in [0.25, 0.3) is 10.1 Å². The second kappa shape index (κ2) is 10.0. The highest BCUT2D eigenvalue weighted by Gasteiger charge is 2.10. The van der Waals surface area contributed by atoms with Crippen LogP contribution in [0.15, 0.2) is 54.6 Å². The molecule has 0 aliphatic carbocycles. The Morgan fingerprint density at radius 3 is 2.54 bits per heavy atom. The first-order valence-corrected chi connectivity index (χ1v) is 10.3. The molecule has 2 aromatic carbocycles. The minimum Gasteiger partial charge on any atom is -0.350 e. The third-order valence-corrected chi connectivity index (χ3v) is 5.77. The van der Waals surface area contributed by atoms with Crippen LogP contribution < -0.4 is 11.1 Å². The predicted molar refractivity (Wildman–Crippen MR) is 114 cm³/mol. The maximum atomic E-state index is 12.3. The summed E-state index contributed by atoms with van der Waals surface area (Å²) in [7, 11) is 0. The van der Waals surface area contributed by atoms with Gasteiger partial charge in [-0.25, -0.2) is 0 Å². The molecule has 0 bridgehead atoms. The molecule has 3 aromatic rings. The van der Waals surface area contributed by atoms with Gasteiger partial charge >= 0.3 is 0 Å². The van der Waals surface area contributed by atoms with Crippen molar-refractivity contribution in [3.05, 3.63) is 70.6 Å². The molecular formula is C22H25N3O2S. The van der Waals surface area contributed by atoms with Gasteiger partial charge in [-0.15, -0.1) is 11.3 Å². The van der Waals surface area contributed by atoms with Gasteiger partial charge in [-0.3, -0.25) is 9.59 Å². The minimum absolute atomic E-state index is 0.0907. The Morgan fingerprint density at radius 2 is 1.82 bits per heavy atom. The highest BCUT2D eigenvalue weighted by atomic mass is 32.1. The lowest BCUT2D eigenvalue weighted by molar-refractivity contribution is -0.118. The number of amides is 2. The number of fused-ring (bicyclic) bond motifs is 1. The van der Waals surface area contributed by atoms with Crippen LogP contribution in [0.3, 0.4) is 0 Å². The molecule has 6 heteroatoms. The van der Waals surface area contributed by atoms with E-state index < -0.39 is 0 Å². The fourth-order valence-electron chi connectivity index (χ4n) is 3.04. The maximum absolute atomic E-state index is 12.3. The molecule has 28 heavy (non-hydrogen) atoms. The average molecular weight is 396 g/mol. The van der Waals surface area contributed by atoms with Gasteiger partial charge in [0.05, 0.1) is 4.88 Å². The maximum Gasteiger partial charge on any atom is 0.261 e. The molecule has 2 amide bonds. The quantitative estimate of drug-likeness (QED) is 0.518. The number of benzene rings is 2. The molecule has 146 valence electrons. The SMILES string of the molecule is NCc1ccc(CCCN(C=O)CCNC(=O)c2cc3ccccc3s2)cc1. The molecule has 1 aromatic heterocycles. The number of nitrogens with two attached hydrogens (primary N) is 1. The van der Waals surface area contributed by atoms with Crippen LogP contribution >= 0.6 is 11.3 Å².